The molecule has 0 atom stereocenters. The third-order valence-electron chi connectivity index (χ3n) is 4.73. The molecule has 0 aliphatic heterocycles. The quantitative estimate of drug-likeness (QED) is 0.484. The van der Waals surface area contributed by atoms with Crippen molar-refractivity contribution in [2.45, 2.75) is 6.92 Å². The van der Waals surface area contributed by atoms with Crippen molar-refractivity contribution in [3.63, 3.8) is 0 Å². The molecule has 31 heavy (non-hydrogen) atoms. The van der Waals surface area contributed by atoms with Gasteiger partial charge in [-0.3, -0.25) is 9.36 Å². The number of carbonyl (C=O) groups is 2. The van der Waals surface area contributed by atoms with E-state index in [1.165, 1.54) is 26.2 Å². The molecule has 0 spiro atoms. The highest BCUT2D eigenvalue weighted by atomic mass is 19.1. The van der Waals surface area contributed by atoms with Gasteiger partial charge in [0.2, 0.25) is 5.91 Å². The highest BCUT2D eigenvalue weighted by Gasteiger charge is 2.14. The number of ether oxygens (including phenoxy) is 1. The van der Waals surface area contributed by atoms with Crippen molar-refractivity contribution in [2.24, 2.45) is 0 Å². The molecule has 4 rings (SSSR count). The van der Waals surface area contributed by atoms with Gasteiger partial charge in [0.25, 0.3) is 0 Å². The van der Waals surface area contributed by atoms with E-state index in [1.807, 2.05) is 0 Å². The van der Waals surface area contributed by atoms with Gasteiger partial charge in [-0.15, -0.1) is 0 Å². The largest absolute Gasteiger partial charge is 0.465 e. The molecule has 1 amide bonds. The Hall–Kier alpha value is -4.07. The van der Waals surface area contributed by atoms with Gasteiger partial charge >= 0.3 is 5.97 Å². The Labute approximate surface area is 176 Å². The molecule has 0 bridgehead atoms. The molecule has 1 heterocycles. The summed E-state index contributed by atoms with van der Waals surface area (Å²) in [5.41, 5.74) is 3.29. The smallest absolute Gasteiger partial charge is 0.337 e. The number of amides is 1. The first-order chi connectivity index (χ1) is 14.9. The van der Waals surface area contributed by atoms with Crippen LogP contribution in [0.5, 0.6) is 0 Å². The molecule has 1 N–H and O–H groups in total. The summed E-state index contributed by atoms with van der Waals surface area (Å²) in [5, 5.41) is 2.70. The summed E-state index contributed by atoms with van der Waals surface area (Å²) < 4.78 is 34.3. The van der Waals surface area contributed by atoms with Crippen molar-refractivity contribution in [3.05, 3.63) is 78.1 Å². The molecule has 3 aromatic carbocycles. The SMILES string of the molecule is COC(=O)c1ccc2c(c1)ncn2-c1cc(NC(C)=O)cc(-c2ccc(F)cc2F)c1. The summed E-state index contributed by atoms with van der Waals surface area (Å²) >= 11 is 0. The van der Waals surface area contributed by atoms with Crippen molar-refractivity contribution in [3.8, 4) is 16.8 Å². The van der Waals surface area contributed by atoms with Crippen LogP contribution in [0.2, 0.25) is 0 Å². The van der Waals surface area contributed by atoms with E-state index in [9.17, 15) is 18.4 Å². The maximum absolute atomic E-state index is 14.4. The predicted molar refractivity (Wildman–Crippen MR) is 112 cm³/mol. The lowest BCUT2D eigenvalue weighted by atomic mass is 10.0. The fraction of sp³-hybridized carbons (Fsp3) is 0.0870. The second-order valence-electron chi connectivity index (χ2n) is 6.88. The number of fused-ring (bicyclic) bond motifs is 1. The number of halogens is 2. The Kier molecular flexibility index (Phi) is 5.21. The Morgan fingerprint density at radius 2 is 1.84 bits per heavy atom. The zero-order valence-corrected chi connectivity index (χ0v) is 16.6. The molecular formula is C23H17F2N3O3. The predicted octanol–water partition coefficient (Wildman–Crippen LogP) is 4.72. The van der Waals surface area contributed by atoms with Crippen LogP contribution in [0.4, 0.5) is 14.5 Å². The standard InChI is InChI=1S/C23H17F2N3O3/c1-13(29)27-17-7-15(19-5-4-16(24)10-20(19)25)8-18(11-17)28-12-26-21-9-14(23(30)31-2)3-6-22(21)28/h3-12H,1-2H3,(H,27,29). The summed E-state index contributed by atoms with van der Waals surface area (Å²) in [6.07, 6.45) is 1.56. The lowest BCUT2D eigenvalue weighted by Crippen LogP contribution is -2.07. The van der Waals surface area contributed by atoms with Gasteiger partial charge in [0.15, 0.2) is 0 Å². The maximum atomic E-state index is 14.4. The van der Waals surface area contributed by atoms with Crippen molar-refractivity contribution in [1.29, 1.82) is 0 Å². The highest BCUT2D eigenvalue weighted by molar-refractivity contribution is 5.94. The fourth-order valence-corrected chi connectivity index (χ4v) is 3.37. The molecule has 156 valence electrons. The van der Waals surface area contributed by atoms with Crippen LogP contribution in [0.3, 0.4) is 0 Å². The van der Waals surface area contributed by atoms with E-state index in [2.05, 4.69) is 10.3 Å². The molecule has 0 saturated carbocycles. The second kappa shape index (κ2) is 7.98. The topological polar surface area (TPSA) is 73.2 Å². The molecule has 0 aliphatic rings. The van der Waals surface area contributed by atoms with Gasteiger partial charge in [-0.05, 0) is 54.1 Å². The molecular weight excluding hydrogens is 404 g/mol. The Morgan fingerprint density at radius 1 is 1.03 bits per heavy atom. The van der Waals surface area contributed by atoms with E-state index < -0.39 is 17.6 Å². The number of nitrogens with zero attached hydrogens (tertiary/aromatic N) is 2. The van der Waals surface area contributed by atoms with Gasteiger partial charge in [0.1, 0.15) is 18.0 Å². The number of aromatic nitrogens is 2. The van der Waals surface area contributed by atoms with Crippen LogP contribution in [0.25, 0.3) is 27.8 Å². The van der Waals surface area contributed by atoms with E-state index in [-0.39, 0.29) is 11.5 Å². The molecule has 0 radical (unpaired) electrons. The number of methoxy groups -OCH3 is 1. The van der Waals surface area contributed by atoms with E-state index in [0.29, 0.717) is 33.5 Å². The van der Waals surface area contributed by atoms with Crippen molar-refractivity contribution >= 4 is 28.6 Å². The van der Waals surface area contributed by atoms with Gasteiger partial charge in [0, 0.05) is 29.9 Å². The number of hydrogen-bond acceptors (Lipinski definition) is 4. The fourth-order valence-electron chi connectivity index (χ4n) is 3.37. The van der Waals surface area contributed by atoms with Gasteiger partial charge in [-0.25, -0.2) is 18.6 Å². The minimum atomic E-state index is -0.718. The second-order valence-corrected chi connectivity index (χ2v) is 6.88. The zero-order valence-electron chi connectivity index (χ0n) is 16.6. The van der Waals surface area contributed by atoms with Gasteiger partial charge in [-0.1, -0.05) is 0 Å². The zero-order chi connectivity index (χ0) is 22.1. The average molecular weight is 421 g/mol. The first kappa shape index (κ1) is 20.2. The van der Waals surface area contributed by atoms with Crippen molar-refractivity contribution in [2.75, 3.05) is 12.4 Å². The number of benzene rings is 3. The molecule has 1 aromatic heterocycles. The normalized spacial score (nSPS) is 10.8. The molecule has 0 unspecified atom stereocenters. The van der Waals surface area contributed by atoms with Crippen molar-refractivity contribution < 1.29 is 23.1 Å². The van der Waals surface area contributed by atoms with Crippen LogP contribution in [-0.4, -0.2) is 28.5 Å². The number of hydrogen-bond donors (Lipinski definition) is 1. The van der Waals surface area contributed by atoms with Crippen LogP contribution in [-0.2, 0) is 9.53 Å². The molecule has 8 heteroatoms. The maximum Gasteiger partial charge on any atom is 0.337 e. The van der Waals surface area contributed by atoms with E-state index in [0.717, 1.165) is 6.07 Å². The number of esters is 1. The van der Waals surface area contributed by atoms with Gasteiger partial charge < -0.3 is 10.1 Å². The van der Waals surface area contributed by atoms with Crippen molar-refractivity contribution in [1.82, 2.24) is 9.55 Å². The van der Waals surface area contributed by atoms with Gasteiger partial charge in [-0.2, -0.15) is 0 Å². The third kappa shape index (κ3) is 4.00. The number of anilines is 1. The molecule has 4 aromatic rings. The first-order valence-electron chi connectivity index (χ1n) is 9.29. The molecule has 6 nitrogen and oxygen atoms in total. The minimum Gasteiger partial charge on any atom is -0.465 e. The molecule has 0 aliphatic carbocycles. The number of nitrogens with one attached hydrogen (secondary N) is 1. The van der Waals surface area contributed by atoms with Crippen LogP contribution in [0.15, 0.2) is 60.9 Å². The average Bonchev–Trinajstić information content (AvgIpc) is 3.15. The number of rotatable bonds is 4. The van der Waals surface area contributed by atoms with E-state index >= 15 is 0 Å². The van der Waals surface area contributed by atoms with Crippen LogP contribution in [0.1, 0.15) is 17.3 Å². The van der Waals surface area contributed by atoms with Gasteiger partial charge in [0.05, 0.1) is 23.7 Å². The first-order valence-corrected chi connectivity index (χ1v) is 9.29. The molecule has 0 fully saturated rings. The summed E-state index contributed by atoms with van der Waals surface area (Å²) in [6.45, 7) is 1.37. The Morgan fingerprint density at radius 3 is 2.55 bits per heavy atom. The summed E-state index contributed by atoms with van der Waals surface area (Å²) in [5.74, 6) is -2.16. The van der Waals surface area contributed by atoms with Crippen LogP contribution >= 0.6 is 0 Å². The Balaban J connectivity index is 1.87. The third-order valence-corrected chi connectivity index (χ3v) is 4.73. The molecule has 0 saturated heterocycles. The number of imidazole rings is 1. The highest BCUT2D eigenvalue weighted by Crippen LogP contribution is 2.30. The van der Waals surface area contributed by atoms with Crippen LogP contribution < -0.4 is 5.32 Å². The minimum absolute atomic E-state index is 0.187. The number of carbonyl (C=O) groups excluding carboxylic acids is 2. The lowest BCUT2D eigenvalue weighted by Gasteiger charge is -2.13. The summed E-state index contributed by atoms with van der Waals surface area (Å²) in [4.78, 5) is 27.7. The van der Waals surface area contributed by atoms with E-state index in [1.54, 1.807) is 47.3 Å². The lowest BCUT2D eigenvalue weighted by molar-refractivity contribution is -0.114. The summed E-state index contributed by atoms with van der Waals surface area (Å²) in [6, 6.07) is 13.3. The summed E-state index contributed by atoms with van der Waals surface area (Å²) in [7, 11) is 1.30. The monoisotopic (exact) mass is 421 g/mol. The Bertz CT molecular complexity index is 1330. The van der Waals surface area contributed by atoms with E-state index in [4.69, 9.17) is 4.74 Å². The van der Waals surface area contributed by atoms with Crippen LogP contribution in [0, 0.1) is 11.6 Å².